The molecule has 0 bridgehead atoms. The maximum Gasteiger partial charge on any atom is 0.267 e. The van der Waals surface area contributed by atoms with Gasteiger partial charge >= 0.3 is 0 Å². The largest absolute Gasteiger partial charge is 0.473 e. The summed E-state index contributed by atoms with van der Waals surface area (Å²) in [7, 11) is 2.21. The molecule has 3 aliphatic rings. The minimum Gasteiger partial charge on any atom is -0.473 e. The average molecular weight is 648 g/mol. The number of carbonyl (C=O) groups excluding carboxylic acids is 2. The molecule has 46 heavy (non-hydrogen) atoms. The first kappa shape index (κ1) is 30.4. The van der Waals surface area contributed by atoms with Gasteiger partial charge in [0, 0.05) is 30.7 Å². The highest BCUT2D eigenvalue weighted by atomic mass is 32.1. The number of aryl methyl sites for hydroxylation is 1. The summed E-state index contributed by atoms with van der Waals surface area (Å²) in [5, 5.41) is 8.43. The Balaban J connectivity index is 1.09. The maximum absolute atomic E-state index is 14.7. The number of piperidine rings is 1. The van der Waals surface area contributed by atoms with E-state index in [1.165, 1.54) is 36.2 Å². The lowest BCUT2D eigenvalue weighted by Gasteiger charge is -2.35. The van der Waals surface area contributed by atoms with Crippen LogP contribution < -0.4 is 26.4 Å². The lowest BCUT2D eigenvalue weighted by molar-refractivity contribution is 0.0850. The Labute approximate surface area is 269 Å². The average Bonchev–Trinajstić information content (AvgIpc) is 3.72. The molecule has 0 radical (unpaired) electrons. The van der Waals surface area contributed by atoms with Crippen LogP contribution in [-0.4, -0.2) is 81.2 Å². The van der Waals surface area contributed by atoms with Gasteiger partial charge < -0.3 is 31.3 Å². The lowest BCUT2D eigenvalue weighted by atomic mass is 9.83. The zero-order valence-electron chi connectivity index (χ0n) is 25.9. The van der Waals surface area contributed by atoms with Gasteiger partial charge in [0.05, 0.1) is 22.0 Å². The number of nitrogens with two attached hydrogens (primary N) is 2. The summed E-state index contributed by atoms with van der Waals surface area (Å²) < 4.78 is 22.8. The van der Waals surface area contributed by atoms with Crippen LogP contribution in [0.1, 0.15) is 63.6 Å². The molecule has 4 atom stereocenters. The van der Waals surface area contributed by atoms with Crippen molar-refractivity contribution < 1.29 is 18.7 Å². The first-order valence-electron chi connectivity index (χ1n) is 15.8. The quantitative estimate of drug-likeness (QED) is 0.273. The number of nitrogens with zero attached hydrogens (tertiary/aromatic N) is 6. The van der Waals surface area contributed by atoms with Crippen LogP contribution in [0.5, 0.6) is 5.88 Å². The summed E-state index contributed by atoms with van der Waals surface area (Å²) in [6.45, 7) is 4.28. The SMILES string of the molecule is Cc1nc(O[C@@H]2CC[C@H]3[C@H](CCN3C)C2)c(C(=O)N[C@@H]2CCCN(c3cc(-c4ccc(C(N)=O)c(F)c4)n4ncnc(N)c34)C2)s1. The molecule has 3 fully saturated rings. The van der Waals surface area contributed by atoms with Gasteiger partial charge in [0.2, 0.25) is 5.88 Å². The molecule has 2 saturated heterocycles. The van der Waals surface area contributed by atoms with Crippen molar-refractivity contribution in [3.05, 3.63) is 51.9 Å². The molecule has 4 aromatic rings. The number of ether oxygens (including phenoxy) is 1. The number of aromatic nitrogens is 4. The number of primary amides is 1. The smallest absolute Gasteiger partial charge is 0.267 e. The number of hydrogen-bond acceptors (Lipinski definition) is 10. The molecule has 14 heteroatoms. The van der Waals surface area contributed by atoms with Gasteiger partial charge in [0.15, 0.2) is 10.7 Å². The van der Waals surface area contributed by atoms with E-state index < -0.39 is 11.7 Å². The van der Waals surface area contributed by atoms with Crippen LogP contribution in [0.2, 0.25) is 0 Å². The second kappa shape index (κ2) is 12.1. The third-order valence-corrected chi connectivity index (χ3v) is 10.6. The number of likely N-dealkylation sites (tertiary alicyclic amines) is 1. The van der Waals surface area contributed by atoms with Crippen LogP contribution in [0.25, 0.3) is 16.8 Å². The normalized spacial score (nSPS) is 23.4. The second-order valence-electron chi connectivity index (χ2n) is 12.7. The number of nitrogen functional groups attached to an aromatic ring is 1. The Morgan fingerprint density at radius 1 is 1.15 bits per heavy atom. The monoisotopic (exact) mass is 647 g/mol. The number of carbonyl (C=O) groups is 2. The maximum atomic E-state index is 14.7. The van der Waals surface area contributed by atoms with Crippen LogP contribution >= 0.6 is 11.3 Å². The van der Waals surface area contributed by atoms with Crippen LogP contribution in [0.3, 0.4) is 0 Å². The number of anilines is 2. The molecule has 2 aliphatic heterocycles. The molecule has 12 nitrogen and oxygen atoms in total. The molecule has 3 aromatic heterocycles. The number of thiazole rings is 1. The number of rotatable bonds is 7. The summed E-state index contributed by atoms with van der Waals surface area (Å²) >= 11 is 1.36. The molecule has 0 unspecified atom stereocenters. The third kappa shape index (κ3) is 5.64. The highest BCUT2D eigenvalue weighted by Gasteiger charge is 2.38. The molecule has 5 heterocycles. The van der Waals surface area contributed by atoms with Gasteiger partial charge in [-0.2, -0.15) is 5.10 Å². The number of hydrogen-bond donors (Lipinski definition) is 3. The van der Waals surface area contributed by atoms with Crippen molar-refractivity contribution >= 4 is 40.2 Å². The van der Waals surface area contributed by atoms with E-state index in [4.69, 9.17) is 16.2 Å². The second-order valence-corrected chi connectivity index (χ2v) is 13.9. The Hall–Kier alpha value is -4.30. The number of fused-ring (bicyclic) bond motifs is 2. The van der Waals surface area contributed by atoms with Gasteiger partial charge in [-0.25, -0.2) is 18.9 Å². The Bertz CT molecular complexity index is 1810. The van der Waals surface area contributed by atoms with Crippen molar-refractivity contribution in [1.29, 1.82) is 0 Å². The lowest BCUT2D eigenvalue weighted by Crippen LogP contribution is -2.47. The predicted octanol–water partition coefficient (Wildman–Crippen LogP) is 3.63. The number of benzene rings is 1. The highest BCUT2D eigenvalue weighted by Crippen LogP contribution is 2.39. The summed E-state index contributed by atoms with van der Waals surface area (Å²) in [5.41, 5.74) is 13.9. The van der Waals surface area contributed by atoms with Gasteiger partial charge in [-0.1, -0.05) is 6.07 Å². The number of amides is 2. The summed E-state index contributed by atoms with van der Waals surface area (Å²) in [6.07, 6.45) is 7.30. The molecule has 7 rings (SSSR count). The predicted molar refractivity (Wildman–Crippen MR) is 174 cm³/mol. The van der Waals surface area contributed by atoms with E-state index in [1.54, 1.807) is 10.6 Å². The molecule has 1 aliphatic carbocycles. The molecule has 1 aromatic carbocycles. The van der Waals surface area contributed by atoms with Gasteiger partial charge in [0.25, 0.3) is 11.8 Å². The fourth-order valence-electron chi connectivity index (χ4n) is 7.46. The van der Waals surface area contributed by atoms with Crippen molar-refractivity contribution in [2.75, 3.05) is 37.3 Å². The molecule has 1 saturated carbocycles. The van der Waals surface area contributed by atoms with Gasteiger partial charge in [-0.05, 0) is 83.2 Å². The number of nitrogens with one attached hydrogen (secondary N) is 1. The Morgan fingerprint density at radius 2 is 2.00 bits per heavy atom. The molecule has 2 amide bonds. The van der Waals surface area contributed by atoms with E-state index >= 15 is 0 Å². The van der Waals surface area contributed by atoms with Crippen LogP contribution in [0.4, 0.5) is 15.9 Å². The minimum absolute atomic E-state index is 0.0661. The standard InChI is InChI=1S/C32H38FN9O3S/c1-17-38-32(45-21-6-8-24-19(12-21)9-11-40(24)2)28(46-17)31(44)39-20-4-3-10-41(15-20)26-14-25(42-27(26)29(34)36-16-37-42)18-5-7-22(30(35)43)23(33)13-18/h5,7,13-14,16,19-21,24H,3-4,6,8-12,15H2,1-2H3,(H2,35,43)(H,39,44)(H2,34,36,37)/t19-,20-,21-,24+/m1/s1. The van der Waals surface area contributed by atoms with E-state index in [2.05, 4.69) is 37.2 Å². The van der Waals surface area contributed by atoms with Crippen LogP contribution in [0, 0.1) is 18.7 Å². The van der Waals surface area contributed by atoms with E-state index in [1.807, 2.05) is 13.0 Å². The van der Waals surface area contributed by atoms with Crippen molar-refractivity contribution in [3.8, 4) is 17.1 Å². The van der Waals surface area contributed by atoms with Crippen molar-refractivity contribution in [2.45, 2.75) is 63.6 Å². The molecular formula is C32H38FN9O3S. The molecule has 5 N–H and O–H groups in total. The van der Waals surface area contributed by atoms with Gasteiger partial charge in [-0.15, -0.1) is 11.3 Å². The van der Waals surface area contributed by atoms with E-state index in [9.17, 15) is 14.0 Å². The van der Waals surface area contributed by atoms with E-state index in [0.717, 1.165) is 55.9 Å². The van der Waals surface area contributed by atoms with Gasteiger partial charge in [-0.3, -0.25) is 9.59 Å². The molecule has 242 valence electrons. The third-order valence-electron chi connectivity index (χ3n) is 9.69. The van der Waals surface area contributed by atoms with Crippen LogP contribution in [-0.2, 0) is 0 Å². The molecular weight excluding hydrogens is 609 g/mol. The fraction of sp³-hybridized carbons (Fsp3) is 0.469. The van der Waals surface area contributed by atoms with E-state index in [0.29, 0.717) is 46.0 Å². The summed E-state index contributed by atoms with van der Waals surface area (Å²) in [4.78, 5) is 39.2. The first-order chi connectivity index (χ1) is 22.2. The van der Waals surface area contributed by atoms with Crippen molar-refractivity contribution in [1.82, 2.24) is 29.8 Å². The highest BCUT2D eigenvalue weighted by molar-refractivity contribution is 7.13. The van der Waals surface area contributed by atoms with Crippen molar-refractivity contribution in [2.24, 2.45) is 11.7 Å². The Morgan fingerprint density at radius 3 is 2.80 bits per heavy atom. The Kier molecular flexibility index (Phi) is 8.01. The topological polar surface area (TPSA) is 157 Å². The fourth-order valence-corrected chi connectivity index (χ4v) is 8.22. The van der Waals surface area contributed by atoms with Gasteiger partial charge in [0.1, 0.15) is 23.8 Å². The summed E-state index contributed by atoms with van der Waals surface area (Å²) in [5.74, 6) is -0.397. The zero-order chi connectivity index (χ0) is 32.1. The zero-order valence-corrected chi connectivity index (χ0v) is 26.7. The van der Waals surface area contributed by atoms with E-state index in [-0.39, 0.29) is 29.4 Å². The summed E-state index contributed by atoms with van der Waals surface area (Å²) in [6, 6.07) is 6.63. The molecule has 0 spiro atoms. The van der Waals surface area contributed by atoms with Crippen molar-refractivity contribution in [3.63, 3.8) is 0 Å². The first-order valence-corrected chi connectivity index (χ1v) is 16.6. The van der Waals surface area contributed by atoms with Crippen LogP contribution in [0.15, 0.2) is 30.6 Å². The minimum atomic E-state index is -0.839. The number of halogens is 1.